The molecule has 0 aliphatic carbocycles. The highest BCUT2D eigenvalue weighted by molar-refractivity contribution is 7.90. The van der Waals surface area contributed by atoms with Crippen LogP contribution in [0, 0.1) is 10.1 Å². The van der Waals surface area contributed by atoms with Crippen LogP contribution >= 0.6 is 11.6 Å². The lowest BCUT2D eigenvalue weighted by Crippen LogP contribution is -2.46. The van der Waals surface area contributed by atoms with Crippen LogP contribution in [0.4, 0.5) is 21.9 Å². The lowest BCUT2D eigenvalue weighted by molar-refractivity contribution is -0.384. The van der Waals surface area contributed by atoms with Crippen molar-refractivity contribution in [3.05, 3.63) is 141 Å². The molecule has 354 valence electrons. The summed E-state index contributed by atoms with van der Waals surface area (Å²) in [6, 6.07) is 31.8. The highest BCUT2D eigenvalue weighted by Crippen LogP contribution is 2.35. The van der Waals surface area contributed by atoms with Crippen LogP contribution in [0.25, 0.3) is 11.1 Å². The van der Waals surface area contributed by atoms with Gasteiger partial charge in [-0.25, -0.2) is 17.9 Å². The number of nitro benzene ring substituents is 1. The fourth-order valence-corrected chi connectivity index (χ4v) is 9.37. The molecule has 67 heavy (non-hydrogen) atoms. The minimum atomic E-state index is -4.62. The molecule has 0 unspecified atom stereocenters. The third-order valence-electron chi connectivity index (χ3n) is 11.8. The summed E-state index contributed by atoms with van der Waals surface area (Å²) in [7, 11) is -2.88. The molecule has 0 saturated carbocycles. The average Bonchev–Trinajstić information content (AvgIpc) is 3.30. The van der Waals surface area contributed by atoms with Gasteiger partial charge >= 0.3 is 6.09 Å². The molecule has 0 bridgehead atoms. The van der Waals surface area contributed by atoms with E-state index in [1.165, 1.54) is 23.8 Å². The largest absolute Gasteiger partial charge is 0.456 e. The number of anilines is 2. The van der Waals surface area contributed by atoms with E-state index in [9.17, 15) is 28.1 Å². The Morgan fingerprint density at radius 3 is 2.31 bits per heavy atom. The number of hydrogen-bond donors (Lipinski definition) is 1. The van der Waals surface area contributed by atoms with Crippen LogP contribution in [0.5, 0.6) is 11.5 Å². The standard InChI is InChI=1S/C50H57ClN6O9S/c1-6-55(49(59)66-50(2,3)4)33-35-10-9-12-41(30-35)65-47-31-40(56-26-24-54(25-27-56)34-37-11-7-8-13-43(37)36-14-16-38(51)17-15-36)18-20-44(47)48(58)52-67(62,63)42-19-21-45(46(32-42)57(60)61)53(5)39-22-28-64-29-23-39/h7-21,30-32,39H,6,22-29,33-34H2,1-5H3,(H,52,58). The van der Waals surface area contributed by atoms with Crippen molar-refractivity contribution >= 4 is 50.7 Å². The summed E-state index contributed by atoms with van der Waals surface area (Å²) < 4.78 is 47.4. The van der Waals surface area contributed by atoms with Crippen LogP contribution in [0.2, 0.25) is 5.02 Å². The van der Waals surface area contributed by atoms with Crippen molar-refractivity contribution in [2.24, 2.45) is 0 Å². The normalized spacial score (nSPS) is 14.9. The van der Waals surface area contributed by atoms with Gasteiger partial charge in [-0.1, -0.05) is 60.1 Å². The van der Waals surface area contributed by atoms with Crippen LogP contribution in [0.15, 0.2) is 114 Å². The number of carbonyl (C=O) groups is 2. The molecule has 2 aliphatic rings. The van der Waals surface area contributed by atoms with E-state index < -0.39 is 43.1 Å². The minimum Gasteiger partial charge on any atom is -0.456 e. The molecule has 0 aromatic heterocycles. The van der Waals surface area contributed by atoms with Crippen molar-refractivity contribution in [2.75, 3.05) is 62.8 Å². The summed E-state index contributed by atoms with van der Waals surface area (Å²) in [6.07, 6.45) is 0.862. The number of sulfonamides is 1. The van der Waals surface area contributed by atoms with Gasteiger partial charge in [-0.15, -0.1) is 0 Å². The van der Waals surface area contributed by atoms with Gasteiger partial charge in [0.1, 0.15) is 22.8 Å². The molecule has 0 spiro atoms. The van der Waals surface area contributed by atoms with Gasteiger partial charge in [0.05, 0.1) is 15.4 Å². The molecule has 2 saturated heterocycles. The van der Waals surface area contributed by atoms with E-state index in [0.717, 1.165) is 48.1 Å². The van der Waals surface area contributed by atoms with Gasteiger partial charge in [0.15, 0.2) is 0 Å². The Labute approximate surface area is 397 Å². The third-order valence-corrected chi connectivity index (χ3v) is 13.4. The van der Waals surface area contributed by atoms with Gasteiger partial charge in [-0.2, -0.15) is 0 Å². The van der Waals surface area contributed by atoms with Crippen molar-refractivity contribution < 1.29 is 37.1 Å². The summed E-state index contributed by atoms with van der Waals surface area (Å²) in [5.74, 6) is -0.563. The van der Waals surface area contributed by atoms with E-state index in [4.69, 9.17) is 25.8 Å². The summed E-state index contributed by atoms with van der Waals surface area (Å²) in [4.78, 5) is 46.2. The molecule has 5 aromatic carbocycles. The van der Waals surface area contributed by atoms with Gasteiger partial charge in [0.25, 0.3) is 21.6 Å². The number of ether oxygens (including phenoxy) is 3. The summed E-state index contributed by atoms with van der Waals surface area (Å²) >= 11 is 6.18. The van der Waals surface area contributed by atoms with Gasteiger partial charge in [0.2, 0.25) is 0 Å². The summed E-state index contributed by atoms with van der Waals surface area (Å²) in [6.45, 7) is 12.5. The monoisotopic (exact) mass is 952 g/mol. The van der Waals surface area contributed by atoms with Crippen molar-refractivity contribution in [2.45, 2.75) is 70.2 Å². The smallest absolute Gasteiger partial charge is 0.410 e. The first-order chi connectivity index (χ1) is 32.0. The molecule has 5 aromatic rings. The van der Waals surface area contributed by atoms with Crippen molar-refractivity contribution in [3.63, 3.8) is 0 Å². The van der Waals surface area contributed by atoms with Gasteiger partial charge in [0, 0.05) is 95.0 Å². The second-order valence-electron chi connectivity index (χ2n) is 17.6. The predicted octanol–water partition coefficient (Wildman–Crippen LogP) is 9.52. The SMILES string of the molecule is CCN(Cc1cccc(Oc2cc(N3CCN(Cc4ccccc4-c4ccc(Cl)cc4)CC3)ccc2C(=O)NS(=O)(=O)c2ccc(N(C)C3CCOCC3)c([N+](=O)[O-])c2)c1)C(=O)OC(C)(C)C. The molecule has 2 aliphatic heterocycles. The first-order valence-electron chi connectivity index (χ1n) is 22.3. The molecule has 7 rings (SSSR count). The van der Waals surface area contributed by atoms with E-state index in [0.29, 0.717) is 56.5 Å². The Kier molecular flexibility index (Phi) is 15.4. The molecular weight excluding hydrogens is 896 g/mol. The maximum Gasteiger partial charge on any atom is 0.410 e. The zero-order chi connectivity index (χ0) is 47.9. The molecule has 0 atom stereocenters. The number of nitrogens with one attached hydrogen (secondary N) is 1. The molecule has 2 fully saturated rings. The number of hydrogen-bond acceptors (Lipinski definition) is 12. The lowest BCUT2D eigenvalue weighted by atomic mass is 9.99. The van der Waals surface area contributed by atoms with E-state index in [-0.39, 0.29) is 29.6 Å². The third kappa shape index (κ3) is 12.4. The Bertz CT molecular complexity index is 2680. The van der Waals surface area contributed by atoms with Crippen molar-refractivity contribution in [3.8, 4) is 22.6 Å². The molecule has 1 N–H and O–H groups in total. The lowest BCUT2D eigenvalue weighted by Gasteiger charge is -2.36. The Morgan fingerprint density at radius 1 is 0.910 bits per heavy atom. The van der Waals surface area contributed by atoms with Crippen LogP contribution in [-0.4, -0.2) is 99.8 Å². The van der Waals surface area contributed by atoms with Gasteiger partial charge < -0.3 is 28.9 Å². The van der Waals surface area contributed by atoms with Crippen LogP contribution in [0.3, 0.4) is 0 Å². The fraction of sp³-hybridized carbons (Fsp3) is 0.360. The zero-order valence-electron chi connectivity index (χ0n) is 38.4. The molecular formula is C50H57ClN6O9S. The van der Waals surface area contributed by atoms with E-state index in [1.807, 2.05) is 49.4 Å². The predicted molar refractivity (Wildman–Crippen MR) is 260 cm³/mol. The highest BCUT2D eigenvalue weighted by atomic mass is 35.5. The van der Waals surface area contributed by atoms with Crippen molar-refractivity contribution in [1.82, 2.24) is 14.5 Å². The first kappa shape index (κ1) is 48.7. The Balaban J connectivity index is 1.13. The number of piperazine rings is 1. The zero-order valence-corrected chi connectivity index (χ0v) is 40.0. The highest BCUT2D eigenvalue weighted by Gasteiger charge is 2.30. The number of benzene rings is 5. The average molecular weight is 954 g/mol. The summed E-state index contributed by atoms with van der Waals surface area (Å²) in [5.41, 5.74) is 4.01. The van der Waals surface area contributed by atoms with Crippen molar-refractivity contribution in [1.29, 1.82) is 0 Å². The Morgan fingerprint density at radius 2 is 1.63 bits per heavy atom. The van der Waals surface area contributed by atoms with E-state index >= 15 is 0 Å². The van der Waals surface area contributed by atoms with Gasteiger partial charge in [-0.3, -0.25) is 19.8 Å². The number of carbonyl (C=O) groups excluding carboxylic acids is 2. The van der Waals surface area contributed by atoms with Gasteiger partial charge in [-0.05, 0) is 111 Å². The Hall–Kier alpha value is -6.20. The quantitative estimate of drug-likeness (QED) is 0.0782. The fourth-order valence-electron chi connectivity index (χ4n) is 8.26. The summed E-state index contributed by atoms with van der Waals surface area (Å²) in [5, 5.41) is 13.0. The number of rotatable bonds is 15. The minimum absolute atomic E-state index is 0.0284. The number of nitrogens with zero attached hydrogens (tertiary/aromatic N) is 5. The molecule has 2 heterocycles. The second kappa shape index (κ2) is 21.2. The second-order valence-corrected chi connectivity index (χ2v) is 19.8. The molecule has 2 amide bonds. The number of nitro groups is 1. The maximum atomic E-state index is 14.1. The van der Waals surface area contributed by atoms with E-state index in [2.05, 4.69) is 26.7 Å². The molecule has 15 nitrogen and oxygen atoms in total. The number of amides is 2. The van der Waals surface area contributed by atoms with Crippen LogP contribution in [-0.2, 0) is 32.6 Å². The molecule has 17 heteroatoms. The van der Waals surface area contributed by atoms with Crippen LogP contribution in [0.1, 0.15) is 62.0 Å². The first-order valence-corrected chi connectivity index (χ1v) is 24.2. The van der Waals surface area contributed by atoms with E-state index in [1.54, 1.807) is 68.0 Å². The molecule has 0 radical (unpaired) electrons. The number of halogens is 1. The topological polar surface area (TPSA) is 164 Å². The maximum absolute atomic E-state index is 14.1. The van der Waals surface area contributed by atoms with Crippen LogP contribution < -0.4 is 19.3 Å².